The van der Waals surface area contributed by atoms with Crippen LogP contribution in [0, 0.1) is 0 Å². The van der Waals surface area contributed by atoms with Crippen molar-refractivity contribution >= 4 is 33.5 Å². The van der Waals surface area contributed by atoms with Crippen LogP contribution < -0.4 is 0 Å². The van der Waals surface area contributed by atoms with Crippen LogP contribution in [0.1, 0.15) is 0 Å². The van der Waals surface area contributed by atoms with Crippen molar-refractivity contribution in [2.24, 2.45) is 0 Å². The second-order valence-electron chi connectivity index (χ2n) is 4.79. The SMILES string of the molecule is Clc1cccc(-c2cccc3c2oc2ccccc23)c1. The van der Waals surface area contributed by atoms with Gasteiger partial charge in [-0.1, -0.05) is 60.1 Å². The summed E-state index contributed by atoms with van der Waals surface area (Å²) in [4.78, 5) is 0. The third kappa shape index (κ3) is 1.71. The van der Waals surface area contributed by atoms with Crippen LogP contribution in [-0.4, -0.2) is 0 Å². The Kier molecular flexibility index (Phi) is 2.54. The summed E-state index contributed by atoms with van der Waals surface area (Å²) in [6, 6.07) is 22.2. The van der Waals surface area contributed by atoms with Crippen molar-refractivity contribution in [3.8, 4) is 11.1 Å². The number of benzene rings is 3. The lowest BCUT2D eigenvalue weighted by Crippen LogP contribution is -1.78. The monoisotopic (exact) mass is 278 g/mol. The van der Waals surface area contributed by atoms with Crippen LogP contribution in [0.2, 0.25) is 5.02 Å². The lowest BCUT2D eigenvalue weighted by atomic mass is 10.0. The maximum atomic E-state index is 6.09. The molecular formula is C18H11ClO. The summed E-state index contributed by atoms with van der Waals surface area (Å²) in [5, 5.41) is 3.01. The van der Waals surface area contributed by atoms with Gasteiger partial charge >= 0.3 is 0 Å². The van der Waals surface area contributed by atoms with Crippen LogP contribution in [-0.2, 0) is 0 Å². The zero-order valence-corrected chi connectivity index (χ0v) is 11.4. The number of hydrogen-bond acceptors (Lipinski definition) is 1. The standard InChI is InChI=1S/C18H11ClO/c19-13-6-3-5-12(11-13)14-8-4-9-16-15-7-1-2-10-17(15)20-18(14)16/h1-11H. The number of furan rings is 1. The van der Waals surface area contributed by atoms with Gasteiger partial charge < -0.3 is 4.42 Å². The van der Waals surface area contributed by atoms with Gasteiger partial charge in [0.25, 0.3) is 0 Å². The average Bonchev–Trinajstić information content (AvgIpc) is 2.86. The van der Waals surface area contributed by atoms with E-state index in [-0.39, 0.29) is 0 Å². The van der Waals surface area contributed by atoms with E-state index in [0.717, 1.165) is 38.1 Å². The highest BCUT2D eigenvalue weighted by Crippen LogP contribution is 2.36. The summed E-state index contributed by atoms with van der Waals surface area (Å²) in [5.74, 6) is 0. The molecule has 0 unspecified atom stereocenters. The smallest absolute Gasteiger partial charge is 0.143 e. The number of hydrogen-bond donors (Lipinski definition) is 0. The molecule has 96 valence electrons. The Morgan fingerprint density at radius 1 is 0.750 bits per heavy atom. The molecule has 0 fully saturated rings. The van der Waals surface area contributed by atoms with E-state index in [9.17, 15) is 0 Å². The number of para-hydroxylation sites is 2. The molecule has 1 aromatic heterocycles. The molecule has 0 spiro atoms. The Morgan fingerprint density at radius 2 is 1.55 bits per heavy atom. The number of fused-ring (bicyclic) bond motifs is 3. The first kappa shape index (κ1) is 11.6. The van der Waals surface area contributed by atoms with Crippen LogP contribution in [0.5, 0.6) is 0 Å². The molecule has 0 aliphatic carbocycles. The maximum absolute atomic E-state index is 6.09. The molecule has 0 amide bonds. The molecule has 1 nitrogen and oxygen atoms in total. The van der Waals surface area contributed by atoms with E-state index < -0.39 is 0 Å². The van der Waals surface area contributed by atoms with E-state index >= 15 is 0 Å². The number of halogens is 1. The molecule has 0 aliphatic rings. The van der Waals surface area contributed by atoms with Crippen molar-refractivity contribution in [1.82, 2.24) is 0 Å². The fourth-order valence-electron chi connectivity index (χ4n) is 2.63. The van der Waals surface area contributed by atoms with Gasteiger partial charge in [0.05, 0.1) is 0 Å². The molecule has 0 saturated carbocycles. The molecule has 0 aliphatic heterocycles. The fourth-order valence-corrected chi connectivity index (χ4v) is 2.82. The Hall–Kier alpha value is -2.25. The third-order valence-electron chi connectivity index (χ3n) is 3.54. The number of rotatable bonds is 1. The Bertz CT molecular complexity index is 921. The predicted octanol–water partition coefficient (Wildman–Crippen LogP) is 5.91. The lowest BCUT2D eigenvalue weighted by molar-refractivity contribution is 0.670. The van der Waals surface area contributed by atoms with Crippen LogP contribution >= 0.6 is 11.6 Å². The fraction of sp³-hybridized carbons (Fsp3) is 0. The Balaban J connectivity index is 2.10. The molecule has 4 rings (SSSR count). The van der Waals surface area contributed by atoms with Gasteiger partial charge in [-0.3, -0.25) is 0 Å². The van der Waals surface area contributed by atoms with Crippen molar-refractivity contribution in [3.63, 3.8) is 0 Å². The van der Waals surface area contributed by atoms with E-state index in [2.05, 4.69) is 24.3 Å². The molecule has 0 radical (unpaired) electrons. The van der Waals surface area contributed by atoms with Gasteiger partial charge in [0, 0.05) is 21.4 Å². The van der Waals surface area contributed by atoms with Crippen molar-refractivity contribution in [2.45, 2.75) is 0 Å². The van der Waals surface area contributed by atoms with E-state index in [1.165, 1.54) is 0 Å². The summed E-state index contributed by atoms with van der Waals surface area (Å²) >= 11 is 6.09. The average molecular weight is 279 g/mol. The zero-order chi connectivity index (χ0) is 13.5. The summed E-state index contributed by atoms with van der Waals surface area (Å²) in [5.41, 5.74) is 3.97. The molecule has 0 N–H and O–H groups in total. The molecular weight excluding hydrogens is 268 g/mol. The summed E-state index contributed by atoms with van der Waals surface area (Å²) < 4.78 is 6.03. The second kappa shape index (κ2) is 4.39. The van der Waals surface area contributed by atoms with Gasteiger partial charge in [-0.15, -0.1) is 0 Å². The lowest BCUT2D eigenvalue weighted by Gasteiger charge is -2.03. The van der Waals surface area contributed by atoms with Crippen molar-refractivity contribution in [2.75, 3.05) is 0 Å². The third-order valence-corrected chi connectivity index (χ3v) is 3.78. The van der Waals surface area contributed by atoms with E-state index in [1.807, 2.05) is 42.5 Å². The van der Waals surface area contributed by atoms with Crippen LogP contribution in [0.3, 0.4) is 0 Å². The second-order valence-corrected chi connectivity index (χ2v) is 5.23. The maximum Gasteiger partial charge on any atom is 0.143 e. The minimum atomic E-state index is 0.732. The van der Waals surface area contributed by atoms with Gasteiger partial charge in [-0.2, -0.15) is 0 Å². The van der Waals surface area contributed by atoms with Gasteiger partial charge in [0.15, 0.2) is 0 Å². The molecule has 3 aromatic carbocycles. The molecule has 0 bridgehead atoms. The first-order valence-corrected chi connectivity index (χ1v) is 6.87. The first-order chi connectivity index (χ1) is 9.83. The molecule has 1 heterocycles. The highest BCUT2D eigenvalue weighted by Gasteiger charge is 2.11. The van der Waals surface area contributed by atoms with Gasteiger partial charge in [-0.25, -0.2) is 0 Å². The van der Waals surface area contributed by atoms with Crippen molar-refractivity contribution in [3.05, 3.63) is 71.8 Å². The minimum absolute atomic E-state index is 0.732. The van der Waals surface area contributed by atoms with E-state index in [4.69, 9.17) is 16.0 Å². The minimum Gasteiger partial charge on any atom is -0.455 e. The molecule has 4 aromatic rings. The summed E-state index contributed by atoms with van der Waals surface area (Å²) in [7, 11) is 0. The Labute approximate surface area is 121 Å². The zero-order valence-electron chi connectivity index (χ0n) is 10.6. The highest BCUT2D eigenvalue weighted by atomic mass is 35.5. The van der Waals surface area contributed by atoms with Crippen LogP contribution in [0.4, 0.5) is 0 Å². The highest BCUT2D eigenvalue weighted by molar-refractivity contribution is 6.31. The van der Waals surface area contributed by atoms with Gasteiger partial charge in [0.2, 0.25) is 0 Å². The Morgan fingerprint density at radius 3 is 2.45 bits per heavy atom. The molecule has 0 atom stereocenters. The van der Waals surface area contributed by atoms with Crippen LogP contribution in [0.15, 0.2) is 71.1 Å². The van der Waals surface area contributed by atoms with Gasteiger partial charge in [0.1, 0.15) is 11.2 Å². The normalized spacial score (nSPS) is 11.2. The molecule has 0 saturated heterocycles. The van der Waals surface area contributed by atoms with Crippen LogP contribution in [0.25, 0.3) is 33.1 Å². The van der Waals surface area contributed by atoms with E-state index in [1.54, 1.807) is 0 Å². The predicted molar refractivity (Wildman–Crippen MR) is 84.2 cm³/mol. The topological polar surface area (TPSA) is 13.1 Å². The van der Waals surface area contributed by atoms with Gasteiger partial charge in [-0.05, 0) is 23.8 Å². The van der Waals surface area contributed by atoms with Crippen molar-refractivity contribution < 1.29 is 4.42 Å². The van der Waals surface area contributed by atoms with E-state index in [0.29, 0.717) is 0 Å². The first-order valence-electron chi connectivity index (χ1n) is 6.49. The summed E-state index contributed by atoms with van der Waals surface area (Å²) in [6.07, 6.45) is 0. The molecule has 2 heteroatoms. The largest absolute Gasteiger partial charge is 0.455 e. The van der Waals surface area contributed by atoms with Crippen molar-refractivity contribution in [1.29, 1.82) is 0 Å². The molecule has 20 heavy (non-hydrogen) atoms. The quantitative estimate of drug-likeness (QED) is 0.422. The summed E-state index contributed by atoms with van der Waals surface area (Å²) in [6.45, 7) is 0.